The first-order valence-corrected chi connectivity index (χ1v) is 6.53. The molecule has 1 heterocycles. The zero-order valence-corrected chi connectivity index (χ0v) is 10.7. The van der Waals surface area contributed by atoms with E-state index in [0.29, 0.717) is 16.7 Å². The third kappa shape index (κ3) is 2.18. The average Bonchev–Trinajstić information content (AvgIpc) is 2.84. The molecular weight excluding hydrogens is 260 g/mol. The van der Waals surface area contributed by atoms with Gasteiger partial charge in [0.05, 0.1) is 11.0 Å². The second-order valence-corrected chi connectivity index (χ2v) is 4.89. The summed E-state index contributed by atoms with van der Waals surface area (Å²) in [7, 11) is 0. The van der Waals surface area contributed by atoms with Crippen LogP contribution in [0.5, 0.6) is 5.75 Å². The lowest BCUT2D eigenvalue weighted by Gasteiger charge is -2.18. The van der Waals surface area contributed by atoms with Crippen LogP contribution in [-0.4, -0.2) is 27.2 Å². The van der Waals surface area contributed by atoms with E-state index in [1.54, 1.807) is 18.2 Å². The molecule has 2 atom stereocenters. The van der Waals surface area contributed by atoms with Gasteiger partial charge in [-0.25, -0.2) is 4.98 Å². The summed E-state index contributed by atoms with van der Waals surface area (Å²) in [6.07, 6.45) is 3.24. The van der Waals surface area contributed by atoms with Crippen LogP contribution in [0.3, 0.4) is 0 Å². The summed E-state index contributed by atoms with van der Waals surface area (Å²) >= 11 is 0. The van der Waals surface area contributed by atoms with Crippen molar-refractivity contribution in [3.8, 4) is 5.75 Å². The third-order valence-corrected chi connectivity index (χ3v) is 3.60. The second-order valence-electron chi connectivity index (χ2n) is 4.89. The molecule has 2 unspecified atom stereocenters. The molecule has 1 aromatic carbocycles. The lowest BCUT2D eigenvalue weighted by molar-refractivity contribution is -0.383. The Hall–Kier alpha value is -2.21. The maximum absolute atomic E-state index is 11.0. The van der Waals surface area contributed by atoms with E-state index in [1.807, 2.05) is 0 Å². The molecule has 1 aromatic heterocycles. The minimum Gasteiger partial charge on any atom is -0.487 e. The Labute approximate surface area is 115 Å². The minimum atomic E-state index is -0.475. The van der Waals surface area contributed by atoms with Gasteiger partial charge in [0, 0.05) is 17.6 Å². The molecule has 0 amide bonds. The molecule has 104 valence electrons. The Morgan fingerprint density at radius 2 is 2.20 bits per heavy atom. The van der Waals surface area contributed by atoms with Gasteiger partial charge in [-0.1, -0.05) is 0 Å². The molecular formula is C14H14N2O4. The van der Waals surface area contributed by atoms with Gasteiger partial charge in [-0.15, -0.1) is 0 Å². The number of aromatic nitrogens is 1. The molecule has 0 saturated heterocycles. The molecule has 3 rings (SSSR count). The summed E-state index contributed by atoms with van der Waals surface area (Å²) in [6.45, 7) is 0. The van der Waals surface area contributed by atoms with E-state index in [4.69, 9.17) is 4.74 Å². The number of non-ortho nitro benzene ring substituents is 1. The van der Waals surface area contributed by atoms with Gasteiger partial charge in [0.1, 0.15) is 11.9 Å². The van der Waals surface area contributed by atoms with Crippen LogP contribution in [0.1, 0.15) is 19.3 Å². The Morgan fingerprint density at radius 3 is 2.90 bits per heavy atom. The van der Waals surface area contributed by atoms with Crippen molar-refractivity contribution in [2.75, 3.05) is 0 Å². The van der Waals surface area contributed by atoms with Crippen molar-refractivity contribution in [1.82, 2.24) is 4.98 Å². The van der Waals surface area contributed by atoms with E-state index in [0.717, 1.165) is 19.3 Å². The van der Waals surface area contributed by atoms with Crippen molar-refractivity contribution in [2.24, 2.45) is 0 Å². The largest absolute Gasteiger partial charge is 0.487 e. The Morgan fingerprint density at radius 1 is 1.35 bits per heavy atom. The first-order valence-electron chi connectivity index (χ1n) is 6.53. The number of benzene rings is 1. The lowest BCUT2D eigenvalue weighted by Crippen LogP contribution is -2.25. The molecule has 0 bridgehead atoms. The molecule has 2 aromatic rings. The molecule has 1 aliphatic rings. The molecule has 1 N–H and O–H groups in total. The number of nitrogens with zero attached hydrogens (tertiary/aromatic N) is 2. The average molecular weight is 274 g/mol. The fraction of sp³-hybridized carbons (Fsp3) is 0.357. The normalized spacial score (nSPS) is 22.1. The fourth-order valence-corrected chi connectivity index (χ4v) is 2.59. The zero-order chi connectivity index (χ0) is 14.1. The van der Waals surface area contributed by atoms with Crippen LogP contribution in [0.15, 0.2) is 30.5 Å². The molecule has 0 aliphatic heterocycles. The zero-order valence-electron chi connectivity index (χ0n) is 10.7. The minimum absolute atomic E-state index is 0.0417. The molecule has 1 aliphatic carbocycles. The van der Waals surface area contributed by atoms with Crippen LogP contribution in [0.25, 0.3) is 10.9 Å². The van der Waals surface area contributed by atoms with Gasteiger partial charge in [0.15, 0.2) is 5.52 Å². The highest BCUT2D eigenvalue weighted by Gasteiger charge is 2.28. The van der Waals surface area contributed by atoms with E-state index in [2.05, 4.69) is 4.98 Å². The number of aliphatic hydroxyl groups is 1. The van der Waals surface area contributed by atoms with E-state index >= 15 is 0 Å². The molecule has 0 spiro atoms. The SMILES string of the molecule is O=[N+]([O-])c1ccc(OC2CCCC2O)c2cccnc12. The molecule has 6 nitrogen and oxygen atoms in total. The van der Waals surface area contributed by atoms with E-state index in [1.165, 1.54) is 12.3 Å². The van der Waals surface area contributed by atoms with Crippen LogP contribution < -0.4 is 4.74 Å². The van der Waals surface area contributed by atoms with E-state index in [9.17, 15) is 15.2 Å². The van der Waals surface area contributed by atoms with Crippen LogP contribution in [0.4, 0.5) is 5.69 Å². The van der Waals surface area contributed by atoms with Crippen LogP contribution >= 0.6 is 0 Å². The van der Waals surface area contributed by atoms with Gasteiger partial charge in [-0.2, -0.15) is 0 Å². The molecule has 0 radical (unpaired) electrons. The van der Waals surface area contributed by atoms with Crippen molar-refractivity contribution >= 4 is 16.6 Å². The summed E-state index contributed by atoms with van der Waals surface area (Å²) in [5.41, 5.74) is 0.266. The van der Waals surface area contributed by atoms with Crippen molar-refractivity contribution < 1.29 is 14.8 Å². The Kier molecular flexibility index (Phi) is 3.23. The van der Waals surface area contributed by atoms with Crippen LogP contribution in [0.2, 0.25) is 0 Å². The summed E-state index contributed by atoms with van der Waals surface area (Å²) in [4.78, 5) is 14.6. The Balaban J connectivity index is 2.04. The summed E-state index contributed by atoms with van der Waals surface area (Å²) < 4.78 is 5.82. The summed E-state index contributed by atoms with van der Waals surface area (Å²) in [5, 5.41) is 21.4. The smallest absolute Gasteiger partial charge is 0.295 e. The number of rotatable bonds is 3. The van der Waals surface area contributed by atoms with Gasteiger partial charge in [-0.05, 0) is 37.5 Å². The van der Waals surface area contributed by atoms with E-state index < -0.39 is 11.0 Å². The quantitative estimate of drug-likeness (QED) is 0.686. The monoisotopic (exact) mass is 274 g/mol. The highest BCUT2D eigenvalue weighted by molar-refractivity contribution is 5.92. The van der Waals surface area contributed by atoms with Crippen LogP contribution in [-0.2, 0) is 0 Å². The molecule has 6 heteroatoms. The van der Waals surface area contributed by atoms with Gasteiger partial charge in [0.25, 0.3) is 5.69 Å². The predicted octanol–water partition coefficient (Wildman–Crippen LogP) is 2.44. The molecule has 20 heavy (non-hydrogen) atoms. The highest BCUT2D eigenvalue weighted by Crippen LogP contribution is 2.33. The van der Waals surface area contributed by atoms with Crippen LogP contribution in [0, 0.1) is 10.1 Å². The summed E-state index contributed by atoms with van der Waals surface area (Å²) in [5.74, 6) is 0.532. The van der Waals surface area contributed by atoms with E-state index in [-0.39, 0.29) is 11.8 Å². The highest BCUT2D eigenvalue weighted by atomic mass is 16.6. The maximum Gasteiger partial charge on any atom is 0.295 e. The van der Waals surface area contributed by atoms with Crippen molar-refractivity contribution in [3.63, 3.8) is 0 Å². The molecule has 1 saturated carbocycles. The van der Waals surface area contributed by atoms with Gasteiger partial charge in [-0.3, -0.25) is 10.1 Å². The lowest BCUT2D eigenvalue weighted by atomic mass is 10.1. The van der Waals surface area contributed by atoms with Crippen molar-refractivity contribution in [3.05, 3.63) is 40.6 Å². The first-order chi connectivity index (χ1) is 9.66. The van der Waals surface area contributed by atoms with Gasteiger partial charge in [0.2, 0.25) is 0 Å². The summed E-state index contributed by atoms with van der Waals surface area (Å²) in [6, 6.07) is 6.43. The maximum atomic E-state index is 11.0. The number of pyridine rings is 1. The first kappa shape index (κ1) is 12.8. The number of aliphatic hydroxyl groups excluding tert-OH is 1. The topological polar surface area (TPSA) is 85.5 Å². The van der Waals surface area contributed by atoms with Crippen molar-refractivity contribution in [2.45, 2.75) is 31.5 Å². The number of nitro groups is 1. The van der Waals surface area contributed by atoms with Gasteiger partial charge >= 0.3 is 0 Å². The van der Waals surface area contributed by atoms with Crippen molar-refractivity contribution in [1.29, 1.82) is 0 Å². The Bertz CT molecular complexity index is 659. The number of fused-ring (bicyclic) bond motifs is 1. The third-order valence-electron chi connectivity index (χ3n) is 3.60. The number of ether oxygens (including phenoxy) is 1. The number of nitro benzene ring substituents is 1. The molecule has 1 fully saturated rings. The second kappa shape index (κ2) is 5.05. The number of hydrogen-bond acceptors (Lipinski definition) is 5. The standard InChI is InChI=1S/C14H14N2O4/c17-11-4-1-5-13(11)20-12-7-6-10(16(18)19)14-9(12)3-2-8-15-14/h2-3,6-8,11,13,17H,1,4-5H2. The fourth-order valence-electron chi connectivity index (χ4n) is 2.59. The predicted molar refractivity (Wildman–Crippen MR) is 72.7 cm³/mol. The van der Waals surface area contributed by atoms with Gasteiger partial charge < -0.3 is 9.84 Å². The number of hydrogen-bond donors (Lipinski definition) is 1.